The maximum Gasteiger partial charge on any atom is 0.253 e. The summed E-state index contributed by atoms with van der Waals surface area (Å²) in [4.78, 5) is 25.0. The fourth-order valence-corrected chi connectivity index (χ4v) is 2.29. The third-order valence-electron chi connectivity index (χ3n) is 3.05. The van der Waals surface area contributed by atoms with Crippen molar-refractivity contribution in [1.29, 1.82) is 0 Å². The topological polar surface area (TPSA) is 37.4 Å². The van der Waals surface area contributed by atoms with Crippen LogP contribution in [0.25, 0.3) is 0 Å². The zero-order chi connectivity index (χ0) is 12.3. The summed E-state index contributed by atoms with van der Waals surface area (Å²) in [6, 6.07) is 9.11. The van der Waals surface area contributed by atoms with E-state index in [1.54, 1.807) is 17.0 Å². The molecule has 0 aromatic heterocycles. The molecule has 0 N–H and O–H groups in total. The lowest BCUT2D eigenvalue weighted by atomic mass is 9.99. The van der Waals surface area contributed by atoms with Gasteiger partial charge in [-0.05, 0) is 36.6 Å². The van der Waals surface area contributed by atoms with E-state index in [1.165, 1.54) is 0 Å². The second-order valence-corrected chi connectivity index (χ2v) is 4.63. The van der Waals surface area contributed by atoms with Crippen molar-refractivity contribution in [2.45, 2.75) is 12.8 Å². The molecule has 1 fully saturated rings. The molecule has 90 valence electrons. The van der Waals surface area contributed by atoms with E-state index in [0.717, 1.165) is 12.8 Å². The van der Waals surface area contributed by atoms with Crippen molar-refractivity contribution in [3.63, 3.8) is 0 Å². The molecule has 1 aromatic rings. The van der Waals surface area contributed by atoms with E-state index in [2.05, 4.69) is 0 Å². The first-order chi connectivity index (χ1) is 8.18. The van der Waals surface area contributed by atoms with Gasteiger partial charge in [0.05, 0.1) is 5.92 Å². The van der Waals surface area contributed by atoms with E-state index in [0.29, 0.717) is 18.7 Å². The van der Waals surface area contributed by atoms with Gasteiger partial charge in [-0.15, -0.1) is 0 Å². The highest BCUT2D eigenvalue weighted by atomic mass is 35.5. The predicted octanol–water partition coefficient (Wildman–Crippen LogP) is 2.30. The fraction of sp³-hybridized carbons (Fsp3) is 0.385. The number of hydrogen-bond donors (Lipinski definition) is 0. The Hall–Kier alpha value is -1.35. The van der Waals surface area contributed by atoms with E-state index in [1.807, 2.05) is 18.2 Å². The molecule has 1 aliphatic heterocycles. The number of nitrogens with zero attached hydrogens (tertiary/aromatic N) is 1. The minimum atomic E-state index is -0.337. The van der Waals surface area contributed by atoms with Crippen LogP contribution in [-0.4, -0.2) is 29.1 Å². The molecule has 0 bridgehead atoms. The van der Waals surface area contributed by atoms with Crippen LogP contribution in [0.2, 0.25) is 0 Å². The average Bonchev–Trinajstić information content (AvgIpc) is 2.39. The summed E-state index contributed by atoms with van der Waals surface area (Å²) in [5.74, 6) is -0.230. The Morgan fingerprint density at radius 3 is 2.59 bits per heavy atom. The van der Waals surface area contributed by atoms with Gasteiger partial charge in [-0.2, -0.15) is 0 Å². The standard InChI is InChI=1S/C13H14ClNO2/c14-12(16)11-7-4-8-15(9-11)13(17)10-5-2-1-3-6-10/h1-3,5-6,11H,4,7-9H2. The SMILES string of the molecule is O=C(Cl)C1CCCN(C(=O)c2ccccc2)C1. The monoisotopic (exact) mass is 251 g/mol. The zero-order valence-corrected chi connectivity index (χ0v) is 10.2. The van der Waals surface area contributed by atoms with Crippen molar-refractivity contribution in [1.82, 2.24) is 4.90 Å². The van der Waals surface area contributed by atoms with E-state index in [4.69, 9.17) is 11.6 Å². The lowest BCUT2D eigenvalue weighted by Crippen LogP contribution is -2.41. The van der Waals surface area contributed by atoms with Crippen molar-refractivity contribution in [2.75, 3.05) is 13.1 Å². The molecule has 1 aliphatic rings. The molecule has 4 heteroatoms. The molecule has 1 amide bonds. The van der Waals surface area contributed by atoms with Crippen LogP contribution in [0.3, 0.4) is 0 Å². The number of amides is 1. The van der Waals surface area contributed by atoms with Gasteiger partial charge in [0.25, 0.3) is 5.91 Å². The van der Waals surface area contributed by atoms with Gasteiger partial charge in [-0.1, -0.05) is 18.2 Å². The Kier molecular flexibility index (Phi) is 3.79. The van der Waals surface area contributed by atoms with Gasteiger partial charge >= 0.3 is 0 Å². The maximum atomic E-state index is 12.1. The van der Waals surface area contributed by atoms with Crippen molar-refractivity contribution >= 4 is 22.8 Å². The van der Waals surface area contributed by atoms with Crippen LogP contribution < -0.4 is 0 Å². The molecule has 1 unspecified atom stereocenters. The number of piperidine rings is 1. The number of rotatable bonds is 2. The van der Waals surface area contributed by atoms with E-state index in [9.17, 15) is 9.59 Å². The number of halogens is 1. The van der Waals surface area contributed by atoms with Crippen molar-refractivity contribution in [3.8, 4) is 0 Å². The van der Waals surface area contributed by atoms with Crippen LogP contribution in [0.15, 0.2) is 30.3 Å². The van der Waals surface area contributed by atoms with Gasteiger partial charge in [0.15, 0.2) is 0 Å². The molecule has 0 spiro atoms. The lowest BCUT2D eigenvalue weighted by Gasteiger charge is -2.31. The van der Waals surface area contributed by atoms with Crippen LogP contribution in [0.4, 0.5) is 0 Å². The van der Waals surface area contributed by atoms with Gasteiger partial charge in [0.1, 0.15) is 0 Å². The van der Waals surface area contributed by atoms with Gasteiger partial charge in [-0.3, -0.25) is 9.59 Å². The van der Waals surface area contributed by atoms with Crippen LogP contribution in [0, 0.1) is 5.92 Å². The Bertz CT molecular complexity index is 419. The molecular formula is C13H14ClNO2. The second kappa shape index (κ2) is 5.32. The molecule has 3 nitrogen and oxygen atoms in total. The normalized spacial score (nSPS) is 20.1. The Balaban J connectivity index is 2.07. The number of hydrogen-bond acceptors (Lipinski definition) is 2. The molecule has 1 aromatic carbocycles. The Labute approximate surface area is 105 Å². The summed E-state index contributed by atoms with van der Waals surface area (Å²) in [7, 11) is 0. The van der Waals surface area contributed by atoms with E-state index < -0.39 is 0 Å². The molecule has 0 saturated carbocycles. The van der Waals surface area contributed by atoms with Crippen molar-refractivity contribution in [3.05, 3.63) is 35.9 Å². The molecule has 2 rings (SSSR count). The van der Waals surface area contributed by atoms with Gasteiger partial charge in [0, 0.05) is 18.7 Å². The molecule has 1 saturated heterocycles. The van der Waals surface area contributed by atoms with E-state index >= 15 is 0 Å². The summed E-state index contributed by atoms with van der Waals surface area (Å²) in [6.07, 6.45) is 1.61. The van der Waals surface area contributed by atoms with Gasteiger partial charge in [-0.25, -0.2) is 0 Å². The van der Waals surface area contributed by atoms with E-state index in [-0.39, 0.29) is 17.1 Å². The molecule has 1 heterocycles. The van der Waals surface area contributed by atoms with Crippen LogP contribution in [0.1, 0.15) is 23.2 Å². The quantitative estimate of drug-likeness (QED) is 0.757. The minimum Gasteiger partial charge on any atom is -0.338 e. The summed E-state index contributed by atoms with van der Waals surface area (Å²) in [5.41, 5.74) is 0.662. The van der Waals surface area contributed by atoms with Gasteiger partial charge in [0.2, 0.25) is 5.24 Å². The van der Waals surface area contributed by atoms with Crippen LogP contribution in [0.5, 0.6) is 0 Å². The largest absolute Gasteiger partial charge is 0.338 e. The first-order valence-electron chi connectivity index (χ1n) is 5.72. The summed E-state index contributed by atoms with van der Waals surface area (Å²) >= 11 is 5.50. The van der Waals surface area contributed by atoms with Crippen molar-refractivity contribution < 1.29 is 9.59 Å². The predicted molar refractivity (Wildman–Crippen MR) is 65.9 cm³/mol. The Morgan fingerprint density at radius 1 is 1.24 bits per heavy atom. The summed E-state index contributed by atoms with van der Waals surface area (Å²) in [6.45, 7) is 1.14. The highest BCUT2D eigenvalue weighted by Crippen LogP contribution is 2.20. The number of carbonyl (C=O) groups excluding carboxylic acids is 2. The smallest absolute Gasteiger partial charge is 0.253 e. The minimum absolute atomic E-state index is 0.0202. The van der Waals surface area contributed by atoms with Crippen LogP contribution >= 0.6 is 11.6 Å². The maximum absolute atomic E-state index is 12.1. The van der Waals surface area contributed by atoms with Gasteiger partial charge < -0.3 is 4.90 Å². The summed E-state index contributed by atoms with van der Waals surface area (Å²) in [5, 5.41) is -0.337. The fourth-order valence-electron chi connectivity index (χ4n) is 2.11. The lowest BCUT2D eigenvalue weighted by molar-refractivity contribution is -0.116. The molecule has 0 radical (unpaired) electrons. The number of carbonyl (C=O) groups is 2. The molecule has 1 atom stereocenters. The first kappa shape index (κ1) is 12.1. The second-order valence-electron chi connectivity index (χ2n) is 4.26. The third-order valence-corrected chi connectivity index (χ3v) is 3.36. The molecule has 0 aliphatic carbocycles. The first-order valence-corrected chi connectivity index (χ1v) is 6.10. The average molecular weight is 252 g/mol. The highest BCUT2D eigenvalue weighted by Gasteiger charge is 2.27. The third kappa shape index (κ3) is 2.86. The molecule has 17 heavy (non-hydrogen) atoms. The van der Waals surface area contributed by atoms with Crippen molar-refractivity contribution in [2.24, 2.45) is 5.92 Å². The Morgan fingerprint density at radius 2 is 1.94 bits per heavy atom. The van der Waals surface area contributed by atoms with Crippen LogP contribution in [-0.2, 0) is 4.79 Å². The summed E-state index contributed by atoms with van der Waals surface area (Å²) < 4.78 is 0. The highest BCUT2D eigenvalue weighted by molar-refractivity contribution is 6.64. The zero-order valence-electron chi connectivity index (χ0n) is 9.43. The molecular weight excluding hydrogens is 238 g/mol. The number of likely N-dealkylation sites (tertiary alicyclic amines) is 1. The number of benzene rings is 1.